The van der Waals surface area contributed by atoms with Gasteiger partial charge >= 0.3 is 0 Å². The second kappa shape index (κ2) is 9.66. The predicted molar refractivity (Wildman–Crippen MR) is 135 cm³/mol. The highest BCUT2D eigenvalue weighted by atomic mass is 16.5. The van der Waals surface area contributed by atoms with Gasteiger partial charge in [-0.05, 0) is 48.7 Å². The van der Waals surface area contributed by atoms with Crippen molar-refractivity contribution < 1.29 is 9.32 Å². The molecule has 4 heterocycles. The first kappa shape index (κ1) is 22.6. The lowest BCUT2D eigenvalue weighted by Gasteiger charge is -2.34. The lowest BCUT2D eigenvalue weighted by molar-refractivity contribution is -0.132. The monoisotopic (exact) mass is 483 g/mol. The normalized spacial score (nSPS) is 16.5. The number of aromatic amines is 1. The Labute approximate surface area is 209 Å². The lowest BCUT2D eigenvalue weighted by atomic mass is 10.1. The SMILES string of the molecule is C=CCC(=O)N1CCN(Cc2ccnc(Cc3nc4ccc(-c5nc(C6CC6)no5)cc4[nH]3)c2)CC1. The van der Waals surface area contributed by atoms with Gasteiger partial charge in [-0.1, -0.05) is 11.2 Å². The maximum absolute atomic E-state index is 12.1. The van der Waals surface area contributed by atoms with E-state index in [0.717, 1.165) is 79.5 Å². The number of H-pyrrole nitrogens is 1. The van der Waals surface area contributed by atoms with Crippen molar-refractivity contribution in [2.24, 2.45) is 0 Å². The van der Waals surface area contributed by atoms with Crippen LogP contribution in [0.4, 0.5) is 0 Å². The summed E-state index contributed by atoms with van der Waals surface area (Å²) in [6.07, 6.45) is 6.85. The van der Waals surface area contributed by atoms with Crippen molar-refractivity contribution in [3.63, 3.8) is 0 Å². The molecule has 0 unspecified atom stereocenters. The van der Waals surface area contributed by atoms with E-state index in [4.69, 9.17) is 9.51 Å². The zero-order valence-corrected chi connectivity index (χ0v) is 20.2. The fourth-order valence-electron chi connectivity index (χ4n) is 4.70. The quantitative estimate of drug-likeness (QED) is 0.381. The standard InChI is InChI=1S/C27H29N7O2/c1-2-3-25(35)34-12-10-33(11-13-34)17-18-8-9-28-21(14-18)16-24-29-22-7-6-20(15-23(22)30-24)27-31-26(32-36-27)19-4-5-19/h2,6-9,14-15,19H,1,3-5,10-13,16-17H2,(H,29,30). The number of carbonyl (C=O) groups excluding carboxylic acids is 1. The summed E-state index contributed by atoms with van der Waals surface area (Å²) in [4.78, 5) is 33.7. The first-order valence-electron chi connectivity index (χ1n) is 12.5. The molecule has 0 radical (unpaired) electrons. The van der Waals surface area contributed by atoms with E-state index in [1.165, 1.54) is 5.56 Å². The van der Waals surface area contributed by atoms with Crippen LogP contribution < -0.4 is 0 Å². The maximum Gasteiger partial charge on any atom is 0.258 e. The molecule has 0 spiro atoms. The summed E-state index contributed by atoms with van der Waals surface area (Å²) in [6.45, 7) is 7.77. The number of amides is 1. The number of imidazole rings is 1. The van der Waals surface area contributed by atoms with Gasteiger partial charge in [0.2, 0.25) is 5.91 Å². The molecule has 9 nitrogen and oxygen atoms in total. The summed E-state index contributed by atoms with van der Waals surface area (Å²) < 4.78 is 5.47. The number of rotatable bonds is 8. The Kier molecular flexibility index (Phi) is 6.06. The van der Waals surface area contributed by atoms with E-state index in [1.54, 1.807) is 6.08 Å². The van der Waals surface area contributed by atoms with Gasteiger partial charge in [-0.2, -0.15) is 4.98 Å². The van der Waals surface area contributed by atoms with Crippen LogP contribution in [-0.4, -0.2) is 67.0 Å². The van der Waals surface area contributed by atoms with Gasteiger partial charge in [-0.3, -0.25) is 14.7 Å². The average molecular weight is 484 g/mol. The lowest BCUT2D eigenvalue weighted by Crippen LogP contribution is -2.48. The summed E-state index contributed by atoms with van der Waals surface area (Å²) in [7, 11) is 0. The minimum absolute atomic E-state index is 0.161. The van der Waals surface area contributed by atoms with E-state index >= 15 is 0 Å². The van der Waals surface area contributed by atoms with E-state index in [9.17, 15) is 4.79 Å². The predicted octanol–water partition coefficient (Wildman–Crippen LogP) is 3.70. The van der Waals surface area contributed by atoms with Crippen LogP contribution in [0.3, 0.4) is 0 Å². The van der Waals surface area contributed by atoms with Crippen molar-refractivity contribution in [1.29, 1.82) is 0 Å². The number of piperazine rings is 1. The molecule has 0 bridgehead atoms. The molecule has 36 heavy (non-hydrogen) atoms. The van der Waals surface area contributed by atoms with Crippen molar-refractivity contribution in [3.8, 4) is 11.5 Å². The van der Waals surface area contributed by atoms with E-state index in [-0.39, 0.29) is 5.91 Å². The first-order chi connectivity index (χ1) is 17.6. The summed E-state index contributed by atoms with van der Waals surface area (Å²) in [5.74, 6) is 2.85. The molecule has 1 amide bonds. The summed E-state index contributed by atoms with van der Waals surface area (Å²) in [5.41, 5.74) is 4.91. The van der Waals surface area contributed by atoms with Crippen LogP contribution >= 0.6 is 0 Å². The van der Waals surface area contributed by atoms with Crippen molar-refractivity contribution in [3.05, 3.63) is 72.1 Å². The molecule has 4 aromatic rings. The van der Waals surface area contributed by atoms with E-state index in [1.807, 2.05) is 29.3 Å². The molecule has 1 saturated heterocycles. The summed E-state index contributed by atoms with van der Waals surface area (Å²) in [5, 5.41) is 4.12. The molecular formula is C27H29N7O2. The van der Waals surface area contributed by atoms with Crippen LogP contribution in [0.2, 0.25) is 0 Å². The molecule has 1 N–H and O–H groups in total. The number of hydrogen-bond acceptors (Lipinski definition) is 7. The third kappa shape index (κ3) is 4.92. The Hall–Kier alpha value is -3.85. The minimum atomic E-state index is 0.161. The first-order valence-corrected chi connectivity index (χ1v) is 12.5. The summed E-state index contributed by atoms with van der Waals surface area (Å²) >= 11 is 0. The average Bonchev–Trinajstić information content (AvgIpc) is 3.47. The fourth-order valence-corrected chi connectivity index (χ4v) is 4.70. The van der Waals surface area contributed by atoms with Gasteiger partial charge in [0.15, 0.2) is 5.82 Å². The molecule has 184 valence electrons. The highest BCUT2D eigenvalue weighted by Gasteiger charge is 2.29. The number of nitrogens with one attached hydrogen (secondary N) is 1. The van der Waals surface area contributed by atoms with Gasteiger partial charge in [0.05, 0.1) is 11.0 Å². The number of benzene rings is 1. The maximum atomic E-state index is 12.1. The highest BCUT2D eigenvalue weighted by molar-refractivity contribution is 5.80. The van der Waals surface area contributed by atoms with E-state index < -0.39 is 0 Å². The topological polar surface area (TPSA) is 104 Å². The van der Waals surface area contributed by atoms with Crippen molar-refractivity contribution in [1.82, 2.24) is 34.9 Å². The van der Waals surface area contributed by atoms with Crippen molar-refractivity contribution in [2.45, 2.75) is 38.1 Å². The molecule has 1 aromatic carbocycles. The molecule has 6 rings (SSSR count). The third-order valence-electron chi connectivity index (χ3n) is 6.84. The Balaban J connectivity index is 1.10. The Bertz CT molecular complexity index is 1400. The molecule has 0 atom stereocenters. The zero-order chi connectivity index (χ0) is 24.5. The van der Waals surface area contributed by atoms with Gasteiger partial charge in [-0.25, -0.2) is 4.98 Å². The smallest absolute Gasteiger partial charge is 0.258 e. The molecule has 9 heteroatoms. The second-order valence-corrected chi connectivity index (χ2v) is 9.63. The zero-order valence-electron chi connectivity index (χ0n) is 20.2. The second-order valence-electron chi connectivity index (χ2n) is 9.63. The van der Waals surface area contributed by atoms with Gasteiger partial charge in [0.25, 0.3) is 5.89 Å². The van der Waals surface area contributed by atoms with E-state index in [0.29, 0.717) is 24.7 Å². The number of aromatic nitrogens is 5. The number of hydrogen-bond donors (Lipinski definition) is 1. The van der Waals surface area contributed by atoms with Gasteiger partial charge < -0.3 is 14.4 Å². The van der Waals surface area contributed by atoms with Gasteiger partial charge in [0.1, 0.15) is 5.82 Å². The Morgan fingerprint density at radius 1 is 1.14 bits per heavy atom. The van der Waals surface area contributed by atoms with Crippen LogP contribution in [0.1, 0.15) is 48.1 Å². The van der Waals surface area contributed by atoms with Crippen LogP contribution in [0.5, 0.6) is 0 Å². The largest absolute Gasteiger partial charge is 0.342 e. The summed E-state index contributed by atoms with van der Waals surface area (Å²) in [6, 6.07) is 10.2. The van der Waals surface area contributed by atoms with Crippen molar-refractivity contribution in [2.75, 3.05) is 26.2 Å². The van der Waals surface area contributed by atoms with Crippen LogP contribution in [0.15, 0.2) is 53.7 Å². The fraction of sp³-hybridized carbons (Fsp3) is 0.370. The molecule has 1 aliphatic heterocycles. The van der Waals surface area contributed by atoms with Crippen LogP contribution in [-0.2, 0) is 17.8 Å². The molecule has 3 aromatic heterocycles. The van der Waals surface area contributed by atoms with Gasteiger partial charge in [-0.15, -0.1) is 6.58 Å². The molecule has 1 saturated carbocycles. The Morgan fingerprint density at radius 2 is 2.00 bits per heavy atom. The third-order valence-corrected chi connectivity index (χ3v) is 6.84. The number of nitrogens with zero attached hydrogens (tertiary/aromatic N) is 6. The molecular weight excluding hydrogens is 454 g/mol. The Morgan fingerprint density at radius 3 is 2.81 bits per heavy atom. The number of carbonyl (C=O) groups is 1. The molecule has 1 aliphatic carbocycles. The molecule has 2 fully saturated rings. The van der Waals surface area contributed by atoms with Crippen LogP contribution in [0, 0.1) is 0 Å². The van der Waals surface area contributed by atoms with E-state index in [2.05, 4.69) is 43.7 Å². The van der Waals surface area contributed by atoms with Gasteiger partial charge in [0, 0.05) is 68.9 Å². The highest BCUT2D eigenvalue weighted by Crippen LogP contribution is 2.39. The van der Waals surface area contributed by atoms with Crippen molar-refractivity contribution >= 4 is 16.9 Å². The minimum Gasteiger partial charge on any atom is -0.342 e. The number of fused-ring (bicyclic) bond motifs is 1. The van der Waals surface area contributed by atoms with Crippen LogP contribution in [0.25, 0.3) is 22.5 Å². The number of pyridine rings is 1. The molecule has 2 aliphatic rings.